The Hall–Kier alpha value is -2.15. The Morgan fingerprint density at radius 1 is 1.26 bits per heavy atom. The molecule has 2 aromatic carbocycles. The van der Waals surface area contributed by atoms with Crippen molar-refractivity contribution in [3.8, 4) is 11.3 Å². The highest BCUT2D eigenvalue weighted by Crippen LogP contribution is 2.41. The largest absolute Gasteiger partial charge is 0.317 e. The average molecular weight is 420 g/mol. The first-order chi connectivity index (χ1) is 12.9. The van der Waals surface area contributed by atoms with Gasteiger partial charge in [-0.1, -0.05) is 42.3 Å². The van der Waals surface area contributed by atoms with E-state index < -0.39 is 0 Å². The van der Waals surface area contributed by atoms with Crippen LogP contribution in [0.25, 0.3) is 11.3 Å². The molecule has 0 aliphatic carbocycles. The summed E-state index contributed by atoms with van der Waals surface area (Å²) in [6, 6.07) is 10.6. The molecular formula is C19H15Cl2N3O2S. The summed E-state index contributed by atoms with van der Waals surface area (Å²) in [6.07, 6.45) is 0.689. The van der Waals surface area contributed by atoms with E-state index in [1.54, 1.807) is 24.3 Å². The molecule has 5 nitrogen and oxygen atoms in total. The Labute approximate surface area is 170 Å². The maximum absolute atomic E-state index is 11.4. The number of fused-ring (bicyclic) bond motifs is 1. The monoisotopic (exact) mass is 419 g/mol. The normalized spacial score (nSPS) is 16.3. The van der Waals surface area contributed by atoms with E-state index in [9.17, 15) is 10.1 Å². The summed E-state index contributed by atoms with van der Waals surface area (Å²) >= 11 is 13.6. The molecule has 138 valence electrons. The number of thiazole rings is 1. The molecule has 8 heteroatoms. The van der Waals surface area contributed by atoms with Gasteiger partial charge in [0.15, 0.2) is 5.13 Å². The lowest BCUT2D eigenvalue weighted by molar-refractivity contribution is -0.385. The van der Waals surface area contributed by atoms with Crippen molar-refractivity contribution in [2.24, 2.45) is 5.92 Å². The molecule has 0 bridgehead atoms. The van der Waals surface area contributed by atoms with Crippen LogP contribution >= 0.6 is 34.5 Å². The zero-order valence-corrected chi connectivity index (χ0v) is 16.7. The Morgan fingerprint density at radius 3 is 2.81 bits per heavy atom. The van der Waals surface area contributed by atoms with Crippen LogP contribution in [0.4, 0.5) is 16.5 Å². The predicted molar refractivity (Wildman–Crippen MR) is 111 cm³/mol. The minimum absolute atomic E-state index is 0.172. The van der Waals surface area contributed by atoms with Crippen LogP contribution in [0.5, 0.6) is 0 Å². The van der Waals surface area contributed by atoms with Crippen LogP contribution in [0.3, 0.4) is 0 Å². The number of nitrogens with zero attached hydrogens (tertiary/aromatic N) is 3. The van der Waals surface area contributed by atoms with Crippen molar-refractivity contribution in [3.63, 3.8) is 0 Å². The molecule has 4 rings (SSSR count). The molecule has 0 amide bonds. The quantitative estimate of drug-likeness (QED) is 0.366. The van der Waals surface area contributed by atoms with E-state index in [0.717, 1.165) is 34.2 Å². The van der Waals surface area contributed by atoms with Crippen molar-refractivity contribution in [1.29, 1.82) is 0 Å². The number of rotatable bonds is 3. The van der Waals surface area contributed by atoms with E-state index in [1.807, 2.05) is 17.5 Å². The maximum Gasteiger partial charge on any atom is 0.274 e. The first-order valence-corrected chi connectivity index (χ1v) is 10.0. The predicted octanol–water partition coefficient (Wildman–Crippen LogP) is 6.36. The second kappa shape index (κ2) is 7.11. The van der Waals surface area contributed by atoms with Crippen molar-refractivity contribution in [2.45, 2.75) is 13.3 Å². The molecule has 0 N–H and O–H groups in total. The molecule has 0 saturated carbocycles. The molecule has 1 unspecified atom stereocenters. The molecule has 27 heavy (non-hydrogen) atoms. The number of hydrogen-bond acceptors (Lipinski definition) is 5. The minimum atomic E-state index is -0.307. The van der Waals surface area contributed by atoms with Gasteiger partial charge in [-0.2, -0.15) is 0 Å². The summed E-state index contributed by atoms with van der Waals surface area (Å²) in [5.74, 6) is 0.288. The maximum atomic E-state index is 11.4. The lowest BCUT2D eigenvalue weighted by Gasteiger charge is -2.32. The lowest BCUT2D eigenvalue weighted by atomic mass is 9.93. The van der Waals surface area contributed by atoms with Gasteiger partial charge in [0.2, 0.25) is 0 Å². The van der Waals surface area contributed by atoms with Crippen molar-refractivity contribution in [3.05, 3.63) is 67.5 Å². The number of anilines is 2. The van der Waals surface area contributed by atoms with E-state index in [-0.39, 0.29) is 16.5 Å². The van der Waals surface area contributed by atoms with E-state index in [4.69, 9.17) is 28.2 Å². The lowest BCUT2D eigenvalue weighted by Crippen LogP contribution is -2.30. The Kier molecular flexibility index (Phi) is 4.80. The minimum Gasteiger partial charge on any atom is -0.317 e. The number of nitro benzene ring substituents is 1. The number of aromatic nitrogens is 1. The van der Waals surface area contributed by atoms with Gasteiger partial charge in [-0.3, -0.25) is 10.1 Å². The molecule has 1 atom stereocenters. The third-order valence-electron chi connectivity index (χ3n) is 4.60. The molecule has 1 aliphatic rings. The van der Waals surface area contributed by atoms with Gasteiger partial charge in [-0.05, 0) is 30.5 Å². The summed E-state index contributed by atoms with van der Waals surface area (Å²) in [6.45, 7) is 2.86. The van der Waals surface area contributed by atoms with E-state index in [0.29, 0.717) is 16.5 Å². The highest BCUT2D eigenvalue weighted by molar-refractivity contribution is 7.14. The number of benzene rings is 2. The fraction of sp³-hybridized carbons (Fsp3) is 0.211. The molecule has 0 saturated heterocycles. The average Bonchev–Trinajstić information content (AvgIpc) is 3.12. The van der Waals surface area contributed by atoms with Gasteiger partial charge in [0, 0.05) is 23.6 Å². The van der Waals surface area contributed by atoms with Crippen molar-refractivity contribution in [1.82, 2.24) is 4.98 Å². The van der Waals surface area contributed by atoms with E-state index in [1.165, 1.54) is 11.3 Å². The summed E-state index contributed by atoms with van der Waals surface area (Å²) in [7, 11) is 0. The highest BCUT2D eigenvalue weighted by atomic mass is 35.5. The van der Waals surface area contributed by atoms with Gasteiger partial charge in [0.1, 0.15) is 0 Å². The molecule has 0 spiro atoms. The highest BCUT2D eigenvalue weighted by Gasteiger charge is 2.30. The number of nitro groups is 1. The molecule has 1 aromatic heterocycles. The van der Waals surface area contributed by atoms with Crippen molar-refractivity contribution >= 4 is 51.0 Å². The Balaban J connectivity index is 1.75. The van der Waals surface area contributed by atoms with Gasteiger partial charge in [0.05, 0.1) is 31.9 Å². The zero-order chi connectivity index (χ0) is 19.1. The molecule has 1 aliphatic heterocycles. The van der Waals surface area contributed by atoms with E-state index >= 15 is 0 Å². The van der Waals surface area contributed by atoms with Crippen LogP contribution < -0.4 is 4.90 Å². The summed E-state index contributed by atoms with van der Waals surface area (Å²) < 4.78 is 0. The topological polar surface area (TPSA) is 59.3 Å². The third kappa shape index (κ3) is 3.40. The summed E-state index contributed by atoms with van der Waals surface area (Å²) in [4.78, 5) is 17.9. The third-order valence-corrected chi connectivity index (χ3v) is 6.20. The van der Waals surface area contributed by atoms with Crippen LogP contribution in [0, 0.1) is 16.0 Å². The summed E-state index contributed by atoms with van der Waals surface area (Å²) in [5.41, 5.74) is 3.49. The molecule has 0 radical (unpaired) electrons. The second-order valence-corrected chi connectivity index (χ2v) is 8.25. The van der Waals surface area contributed by atoms with Crippen LogP contribution in [0.2, 0.25) is 10.0 Å². The summed E-state index contributed by atoms with van der Waals surface area (Å²) in [5, 5.41) is 15.2. The number of hydrogen-bond donors (Lipinski definition) is 0. The van der Waals surface area contributed by atoms with Gasteiger partial charge in [-0.15, -0.1) is 11.3 Å². The number of halogens is 2. The van der Waals surface area contributed by atoms with Crippen molar-refractivity contribution in [2.75, 3.05) is 11.4 Å². The second-order valence-electron chi connectivity index (χ2n) is 6.60. The standard InChI is InChI=1S/C19H15Cl2N3O2S/c1-11-7-13-17(3-2-4-18(13)24(25)26)23(9-11)19-22-16(10-27-19)12-5-6-14(20)15(21)8-12/h2-6,8,10-11H,7,9H2,1H3. The smallest absolute Gasteiger partial charge is 0.274 e. The van der Waals surface area contributed by atoms with Crippen molar-refractivity contribution < 1.29 is 4.92 Å². The first kappa shape index (κ1) is 18.2. The molecule has 0 fully saturated rings. The Morgan fingerprint density at radius 2 is 2.07 bits per heavy atom. The zero-order valence-electron chi connectivity index (χ0n) is 14.4. The molecule has 2 heterocycles. The van der Waals surface area contributed by atoms with E-state index in [2.05, 4.69) is 11.8 Å². The van der Waals surface area contributed by atoms with Crippen LogP contribution in [0.15, 0.2) is 41.8 Å². The fourth-order valence-corrected chi connectivity index (χ4v) is 4.53. The van der Waals surface area contributed by atoms with Gasteiger partial charge in [0.25, 0.3) is 5.69 Å². The van der Waals surface area contributed by atoms with Gasteiger partial charge < -0.3 is 4.90 Å². The van der Waals surface area contributed by atoms with Crippen LogP contribution in [0.1, 0.15) is 12.5 Å². The molecular weight excluding hydrogens is 405 g/mol. The SMILES string of the molecule is CC1Cc2c(cccc2[N+](=O)[O-])N(c2nc(-c3ccc(Cl)c(Cl)c3)cs2)C1. The van der Waals surface area contributed by atoms with Crippen LogP contribution in [-0.4, -0.2) is 16.5 Å². The fourth-order valence-electron chi connectivity index (χ4n) is 3.38. The Bertz CT molecular complexity index is 1040. The van der Waals surface area contributed by atoms with Gasteiger partial charge in [-0.25, -0.2) is 4.98 Å². The molecule has 3 aromatic rings. The first-order valence-electron chi connectivity index (χ1n) is 8.39. The van der Waals surface area contributed by atoms with Gasteiger partial charge >= 0.3 is 0 Å². The van der Waals surface area contributed by atoms with Crippen LogP contribution in [-0.2, 0) is 6.42 Å².